The highest BCUT2D eigenvalue weighted by Gasteiger charge is 2.02. The van der Waals surface area contributed by atoms with Crippen LogP contribution in [-0.4, -0.2) is 12.8 Å². The van der Waals surface area contributed by atoms with Crippen LogP contribution in [0.3, 0.4) is 0 Å². The van der Waals surface area contributed by atoms with Gasteiger partial charge in [-0.25, -0.2) is 4.79 Å². The Balaban J connectivity index is 3.60. The van der Waals surface area contributed by atoms with Crippen LogP contribution in [0.2, 0.25) is 0 Å². The molecule has 0 atom stereocenters. The third-order valence-electron chi connectivity index (χ3n) is 0.593. The number of carbonyl (C=O) groups excluding carboxylic acids is 1. The molecule has 0 aliphatic carbocycles. The van der Waals surface area contributed by atoms with Crippen LogP contribution >= 0.6 is 0 Å². The van der Waals surface area contributed by atoms with Gasteiger partial charge in [0.2, 0.25) is 5.76 Å². The van der Waals surface area contributed by atoms with Crippen LogP contribution < -0.4 is 0 Å². The van der Waals surface area contributed by atoms with Crippen molar-refractivity contribution in [1.29, 1.82) is 5.26 Å². The summed E-state index contributed by atoms with van der Waals surface area (Å²) in [6.45, 7) is 4.97. The van der Waals surface area contributed by atoms with Gasteiger partial charge in [0, 0.05) is 0 Å². The first-order valence-corrected chi connectivity index (χ1v) is 2.64. The van der Waals surface area contributed by atoms with Crippen molar-refractivity contribution in [3.05, 3.63) is 12.3 Å². The van der Waals surface area contributed by atoms with Crippen LogP contribution in [0.25, 0.3) is 0 Å². The molecule has 0 rings (SSSR count). The van der Waals surface area contributed by atoms with Crippen molar-refractivity contribution in [2.24, 2.45) is 0 Å². The highest BCUT2D eigenvalue weighted by molar-refractivity contribution is 5.61. The smallest absolute Gasteiger partial charge is 0.434 e. The molecule has 0 saturated carbocycles. The van der Waals surface area contributed by atoms with Crippen LogP contribution in [0.15, 0.2) is 12.3 Å². The van der Waals surface area contributed by atoms with E-state index < -0.39 is 6.16 Å². The minimum Gasteiger partial charge on any atom is -0.434 e. The van der Waals surface area contributed by atoms with Crippen molar-refractivity contribution in [3.63, 3.8) is 0 Å². The van der Waals surface area contributed by atoms with Gasteiger partial charge in [0.25, 0.3) is 0 Å². The molecule has 0 aromatic rings. The van der Waals surface area contributed by atoms with Gasteiger partial charge in [-0.1, -0.05) is 0 Å². The van der Waals surface area contributed by atoms with E-state index in [0.717, 1.165) is 0 Å². The lowest BCUT2D eigenvalue weighted by atomic mass is 10.6. The molecule has 0 spiro atoms. The third kappa shape index (κ3) is 3.50. The molecular weight excluding hydrogens is 134 g/mol. The van der Waals surface area contributed by atoms with Gasteiger partial charge in [-0.15, -0.1) is 0 Å². The van der Waals surface area contributed by atoms with Crippen LogP contribution in [0.5, 0.6) is 0 Å². The molecule has 10 heavy (non-hydrogen) atoms. The molecule has 0 radical (unpaired) electrons. The molecule has 0 heterocycles. The van der Waals surface area contributed by atoms with Gasteiger partial charge in [-0.05, 0) is 13.5 Å². The lowest BCUT2D eigenvalue weighted by Crippen LogP contribution is -2.05. The Morgan fingerprint density at radius 3 is 2.80 bits per heavy atom. The van der Waals surface area contributed by atoms with E-state index in [9.17, 15) is 4.79 Å². The van der Waals surface area contributed by atoms with Crippen LogP contribution in [0, 0.1) is 11.3 Å². The maximum Gasteiger partial charge on any atom is 0.514 e. The molecule has 0 saturated heterocycles. The number of nitriles is 1. The number of carbonyl (C=O) groups is 1. The lowest BCUT2D eigenvalue weighted by molar-refractivity contribution is 0.0850. The Morgan fingerprint density at radius 2 is 2.40 bits per heavy atom. The lowest BCUT2D eigenvalue weighted by Gasteiger charge is -1.98. The van der Waals surface area contributed by atoms with Gasteiger partial charge >= 0.3 is 6.16 Å². The molecule has 4 heteroatoms. The van der Waals surface area contributed by atoms with E-state index in [-0.39, 0.29) is 12.4 Å². The van der Waals surface area contributed by atoms with E-state index in [1.54, 1.807) is 6.92 Å². The number of rotatable bonds is 2. The SMILES string of the molecule is C=C(C#N)OC(=O)OCC. The van der Waals surface area contributed by atoms with Gasteiger partial charge in [0.15, 0.2) is 0 Å². The summed E-state index contributed by atoms with van der Waals surface area (Å²) in [5, 5.41) is 8.07. The number of hydrogen-bond donors (Lipinski definition) is 0. The molecule has 0 N–H and O–H groups in total. The fraction of sp³-hybridized carbons (Fsp3) is 0.333. The topological polar surface area (TPSA) is 59.3 Å². The summed E-state index contributed by atoms with van der Waals surface area (Å²) in [7, 11) is 0. The Bertz CT molecular complexity index is 180. The molecule has 54 valence electrons. The van der Waals surface area contributed by atoms with Crippen molar-refractivity contribution in [1.82, 2.24) is 0 Å². The zero-order valence-electron chi connectivity index (χ0n) is 5.59. The fourth-order valence-electron chi connectivity index (χ4n) is 0.271. The third-order valence-corrected chi connectivity index (χ3v) is 0.593. The Morgan fingerprint density at radius 1 is 1.80 bits per heavy atom. The van der Waals surface area contributed by atoms with Gasteiger partial charge in [0.1, 0.15) is 6.07 Å². The molecule has 0 fully saturated rings. The molecule has 4 nitrogen and oxygen atoms in total. The normalized spacial score (nSPS) is 7.60. The minimum atomic E-state index is -0.894. The Kier molecular flexibility index (Phi) is 3.73. The van der Waals surface area contributed by atoms with Crippen LogP contribution in [0.4, 0.5) is 4.79 Å². The van der Waals surface area contributed by atoms with Crippen LogP contribution in [0.1, 0.15) is 6.92 Å². The van der Waals surface area contributed by atoms with Crippen molar-refractivity contribution >= 4 is 6.16 Å². The summed E-state index contributed by atoms with van der Waals surface area (Å²) < 4.78 is 8.56. The van der Waals surface area contributed by atoms with Gasteiger partial charge in [-0.3, -0.25) is 0 Å². The second kappa shape index (κ2) is 4.39. The quantitative estimate of drug-likeness (QED) is 0.329. The largest absolute Gasteiger partial charge is 0.514 e. The summed E-state index contributed by atoms with van der Waals surface area (Å²) in [4.78, 5) is 10.4. The molecule has 0 bridgehead atoms. The second-order valence-corrected chi connectivity index (χ2v) is 1.32. The molecule has 0 aromatic carbocycles. The maximum absolute atomic E-state index is 10.4. The zero-order valence-corrected chi connectivity index (χ0v) is 5.59. The number of nitrogens with zero attached hydrogens (tertiary/aromatic N) is 1. The van der Waals surface area contributed by atoms with Gasteiger partial charge in [-0.2, -0.15) is 5.26 Å². The first-order valence-electron chi connectivity index (χ1n) is 2.64. The predicted octanol–water partition coefficient (Wildman–Crippen LogP) is 1.20. The Labute approximate surface area is 58.7 Å². The molecule has 0 unspecified atom stereocenters. The number of allylic oxidation sites excluding steroid dienone is 1. The molecule has 0 aromatic heterocycles. The van der Waals surface area contributed by atoms with E-state index in [0.29, 0.717) is 0 Å². The van der Waals surface area contributed by atoms with E-state index in [2.05, 4.69) is 16.1 Å². The molecular formula is C6H7NO3. The number of hydrogen-bond acceptors (Lipinski definition) is 4. The maximum atomic E-state index is 10.4. The summed E-state index contributed by atoms with van der Waals surface area (Å²) in [6.07, 6.45) is -0.894. The Hall–Kier alpha value is -1.50. The van der Waals surface area contributed by atoms with Crippen LogP contribution in [-0.2, 0) is 9.47 Å². The zero-order chi connectivity index (χ0) is 7.98. The van der Waals surface area contributed by atoms with E-state index in [1.165, 1.54) is 6.07 Å². The van der Waals surface area contributed by atoms with E-state index >= 15 is 0 Å². The molecule has 0 aliphatic heterocycles. The summed E-state index contributed by atoms with van der Waals surface area (Å²) >= 11 is 0. The highest BCUT2D eigenvalue weighted by Crippen LogP contribution is 1.93. The summed E-state index contributed by atoms with van der Waals surface area (Å²) in [6, 6.07) is 1.54. The predicted molar refractivity (Wildman–Crippen MR) is 32.9 cm³/mol. The minimum absolute atomic E-state index is 0.220. The van der Waals surface area contributed by atoms with Crippen molar-refractivity contribution < 1.29 is 14.3 Å². The van der Waals surface area contributed by atoms with E-state index in [4.69, 9.17) is 5.26 Å². The number of ether oxygens (including phenoxy) is 2. The molecule has 0 aliphatic rings. The summed E-state index contributed by atoms with van der Waals surface area (Å²) in [5.41, 5.74) is 0. The first kappa shape index (κ1) is 8.50. The van der Waals surface area contributed by atoms with Crippen molar-refractivity contribution in [2.75, 3.05) is 6.61 Å². The standard InChI is InChI=1S/C6H7NO3/c1-3-9-6(8)10-5(2)4-7/h2-3H2,1H3. The monoisotopic (exact) mass is 141 g/mol. The first-order chi connectivity index (χ1) is 4.70. The van der Waals surface area contributed by atoms with Gasteiger partial charge in [0.05, 0.1) is 6.61 Å². The fourth-order valence-corrected chi connectivity index (χ4v) is 0.271. The van der Waals surface area contributed by atoms with E-state index in [1.807, 2.05) is 0 Å². The average Bonchev–Trinajstić information content (AvgIpc) is 1.88. The highest BCUT2D eigenvalue weighted by atomic mass is 16.7. The summed E-state index contributed by atoms with van der Waals surface area (Å²) in [5.74, 6) is -0.265. The van der Waals surface area contributed by atoms with Gasteiger partial charge < -0.3 is 9.47 Å². The van der Waals surface area contributed by atoms with Crippen molar-refractivity contribution in [2.45, 2.75) is 6.92 Å². The average molecular weight is 141 g/mol. The molecule has 0 amide bonds. The van der Waals surface area contributed by atoms with Crippen molar-refractivity contribution in [3.8, 4) is 6.07 Å². The second-order valence-electron chi connectivity index (χ2n) is 1.32.